The van der Waals surface area contributed by atoms with Gasteiger partial charge in [-0.1, -0.05) is 18.2 Å². The molecule has 0 radical (unpaired) electrons. The zero-order valence-corrected chi connectivity index (χ0v) is 8.60. The summed E-state index contributed by atoms with van der Waals surface area (Å²) in [6, 6.07) is 4.89. The second-order valence-electron chi connectivity index (χ2n) is 3.25. The van der Waals surface area contributed by atoms with E-state index in [9.17, 15) is 22.0 Å². The van der Waals surface area contributed by atoms with Gasteiger partial charge in [-0.15, -0.1) is 6.58 Å². The molecular formula is C11H9F5O. The molecule has 94 valence electrons. The van der Waals surface area contributed by atoms with Crippen LogP contribution in [0.2, 0.25) is 0 Å². The van der Waals surface area contributed by atoms with Crippen LogP contribution in [0.1, 0.15) is 5.56 Å². The molecule has 1 rings (SSSR count). The third-order valence-corrected chi connectivity index (χ3v) is 1.88. The van der Waals surface area contributed by atoms with Crippen LogP contribution in [0.4, 0.5) is 22.0 Å². The first-order chi connectivity index (χ1) is 7.76. The summed E-state index contributed by atoms with van der Waals surface area (Å²) in [5.41, 5.74) is 0.739. The molecule has 0 saturated heterocycles. The van der Waals surface area contributed by atoms with Crippen LogP contribution in [0.5, 0.6) is 5.75 Å². The molecule has 0 aliphatic carbocycles. The van der Waals surface area contributed by atoms with Crippen LogP contribution >= 0.6 is 0 Å². The fourth-order valence-corrected chi connectivity index (χ4v) is 1.07. The van der Waals surface area contributed by atoms with Gasteiger partial charge in [0.2, 0.25) is 0 Å². The molecule has 0 fully saturated rings. The Morgan fingerprint density at radius 1 is 1.06 bits per heavy atom. The number of ether oxygens (including phenoxy) is 1. The van der Waals surface area contributed by atoms with Gasteiger partial charge in [0, 0.05) is 0 Å². The summed E-state index contributed by atoms with van der Waals surface area (Å²) in [6.07, 6.45) is -8.84. The Balaban J connectivity index is 2.79. The van der Waals surface area contributed by atoms with Crippen molar-refractivity contribution in [3.63, 3.8) is 0 Å². The van der Waals surface area contributed by atoms with Gasteiger partial charge >= 0.3 is 12.3 Å². The summed E-state index contributed by atoms with van der Waals surface area (Å²) >= 11 is 0. The molecule has 0 spiro atoms. The molecule has 6 heteroatoms. The molecular weight excluding hydrogens is 243 g/mol. The highest BCUT2D eigenvalue weighted by molar-refractivity contribution is 5.28. The average Bonchev–Trinajstić information content (AvgIpc) is 2.19. The number of halogens is 5. The van der Waals surface area contributed by atoms with Crippen molar-refractivity contribution in [2.24, 2.45) is 0 Å². The number of allylic oxidation sites excluding steroid dienone is 1. The fraction of sp³-hybridized carbons (Fsp3) is 0.273. The van der Waals surface area contributed by atoms with Gasteiger partial charge in [-0.2, -0.15) is 22.0 Å². The van der Waals surface area contributed by atoms with Crippen molar-refractivity contribution in [2.45, 2.75) is 18.7 Å². The van der Waals surface area contributed by atoms with Gasteiger partial charge in [0.05, 0.1) is 0 Å². The zero-order valence-electron chi connectivity index (χ0n) is 8.60. The third-order valence-electron chi connectivity index (χ3n) is 1.88. The average molecular weight is 252 g/mol. The van der Waals surface area contributed by atoms with Crippen LogP contribution in [-0.2, 0) is 6.42 Å². The van der Waals surface area contributed by atoms with Gasteiger partial charge < -0.3 is 4.74 Å². The summed E-state index contributed by atoms with van der Waals surface area (Å²) in [5, 5.41) is 0. The van der Waals surface area contributed by atoms with Crippen molar-refractivity contribution >= 4 is 0 Å². The van der Waals surface area contributed by atoms with Crippen molar-refractivity contribution in [2.75, 3.05) is 0 Å². The summed E-state index contributed by atoms with van der Waals surface area (Å²) in [4.78, 5) is 0. The molecule has 0 bridgehead atoms. The van der Waals surface area contributed by atoms with Crippen LogP contribution < -0.4 is 4.74 Å². The Morgan fingerprint density at radius 3 is 2.00 bits per heavy atom. The maximum Gasteiger partial charge on any atom is 0.499 e. The number of hydrogen-bond donors (Lipinski definition) is 0. The van der Waals surface area contributed by atoms with Gasteiger partial charge in [-0.3, -0.25) is 0 Å². The van der Waals surface area contributed by atoms with Gasteiger partial charge in [0.15, 0.2) is 0 Å². The predicted molar refractivity (Wildman–Crippen MR) is 52.0 cm³/mol. The van der Waals surface area contributed by atoms with E-state index >= 15 is 0 Å². The normalized spacial score (nSPS) is 12.3. The number of hydrogen-bond acceptors (Lipinski definition) is 1. The molecule has 1 aromatic carbocycles. The van der Waals surface area contributed by atoms with Crippen molar-refractivity contribution in [3.8, 4) is 5.75 Å². The first-order valence-electron chi connectivity index (χ1n) is 4.59. The van der Waals surface area contributed by atoms with Gasteiger partial charge in [-0.25, -0.2) is 0 Å². The van der Waals surface area contributed by atoms with Gasteiger partial charge in [-0.05, 0) is 24.1 Å². The van der Waals surface area contributed by atoms with Gasteiger partial charge in [0.1, 0.15) is 5.75 Å². The van der Waals surface area contributed by atoms with E-state index in [-0.39, 0.29) is 0 Å². The first-order valence-corrected chi connectivity index (χ1v) is 4.59. The number of rotatable bonds is 4. The predicted octanol–water partition coefficient (Wildman–Crippen LogP) is 3.95. The van der Waals surface area contributed by atoms with Crippen molar-refractivity contribution < 1.29 is 26.7 Å². The lowest BCUT2D eigenvalue weighted by Crippen LogP contribution is -2.41. The second-order valence-corrected chi connectivity index (χ2v) is 3.25. The molecule has 17 heavy (non-hydrogen) atoms. The molecule has 0 saturated carbocycles. The summed E-state index contributed by atoms with van der Waals surface area (Å²) < 4.78 is 64.1. The molecule has 0 atom stereocenters. The topological polar surface area (TPSA) is 9.23 Å². The van der Waals surface area contributed by atoms with Crippen molar-refractivity contribution in [3.05, 3.63) is 42.5 Å². The molecule has 1 aromatic rings. The van der Waals surface area contributed by atoms with Crippen LogP contribution in [0.3, 0.4) is 0 Å². The van der Waals surface area contributed by atoms with Crippen molar-refractivity contribution in [1.29, 1.82) is 0 Å². The van der Waals surface area contributed by atoms with Gasteiger partial charge in [0.25, 0.3) is 0 Å². The Bertz CT molecular complexity index is 380. The SMILES string of the molecule is C=CCc1ccc(OC(F)(F)C(F)(F)F)cc1. The summed E-state index contributed by atoms with van der Waals surface area (Å²) in [6.45, 7) is 3.47. The minimum absolute atomic E-state index is 0.496. The lowest BCUT2D eigenvalue weighted by molar-refractivity contribution is -0.360. The Kier molecular flexibility index (Phi) is 3.75. The van der Waals surface area contributed by atoms with E-state index in [4.69, 9.17) is 0 Å². The smallest absolute Gasteiger partial charge is 0.426 e. The van der Waals surface area contributed by atoms with E-state index in [1.165, 1.54) is 12.1 Å². The Morgan fingerprint density at radius 2 is 1.59 bits per heavy atom. The highest BCUT2D eigenvalue weighted by Crippen LogP contribution is 2.37. The number of alkyl halides is 5. The first kappa shape index (κ1) is 13.5. The monoisotopic (exact) mass is 252 g/mol. The Labute approximate surface area is 94.5 Å². The lowest BCUT2D eigenvalue weighted by atomic mass is 10.1. The molecule has 0 aliphatic heterocycles. The third kappa shape index (κ3) is 3.44. The second kappa shape index (κ2) is 4.73. The fourth-order valence-electron chi connectivity index (χ4n) is 1.07. The van der Waals surface area contributed by atoms with Crippen LogP contribution in [-0.4, -0.2) is 12.3 Å². The molecule has 1 nitrogen and oxygen atoms in total. The zero-order chi connectivity index (χ0) is 13.1. The molecule has 0 aliphatic rings. The van der Waals surface area contributed by atoms with E-state index in [1.807, 2.05) is 0 Å². The van der Waals surface area contributed by atoms with E-state index in [2.05, 4.69) is 11.3 Å². The summed E-state index contributed by atoms with van der Waals surface area (Å²) in [5.74, 6) is -0.542. The van der Waals surface area contributed by atoms with E-state index in [0.29, 0.717) is 6.42 Å². The Hall–Kier alpha value is -1.59. The maximum atomic E-state index is 12.5. The molecule has 0 unspecified atom stereocenters. The lowest BCUT2D eigenvalue weighted by Gasteiger charge is -2.20. The minimum atomic E-state index is -5.73. The maximum absolute atomic E-state index is 12.5. The summed E-state index contributed by atoms with van der Waals surface area (Å²) in [7, 11) is 0. The van der Waals surface area contributed by atoms with E-state index < -0.39 is 18.0 Å². The minimum Gasteiger partial charge on any atom is -0.426 e. The molecule has 0 aromatic heterocycles. The van der Waals surface area contributed by atoms with Crippen LogP contribution in [0, 0.1) is 0 Å². The highest BCUT2D eigenvalue weighted by Gasteiger charge is 2.61. The molecule has 0 amide bonds. The molecule has 0 heterocycles. The van der Waals surface area contributed by atoms with E-state index in [0.717, 1.165) is 17.7 Å². The van der Waals surface area contributed by atoms with Crippen LogP contribution in [0.25, 0.3) is 0 Å². The number of benzene rings is 1. The highest BCUT2D eigenvalue weighted by atomic mass is 19.4. The van der Waals surface area contributed by atoms with Crippen molar-refractivity contribution in [1.82, 2.24) is 0 Å². The van der Waals surface area contributed by atoms with Crippen LogP contribution in [0.15, 0.2) is 36.9 Å². The standard InChI is InChI=1S/C11H9F5O/c1-2-3-8-4-6-9(7-5-8)17-11(15,16)10(12,13)14/h2,4-7H,1,3H2. The molecule has 0 N–H and O–H groups in total. The largest absolute Gasteiger partial charge is 0.499 e. The quantitative estimate of drug-likeness (QED) is 0.582. The van der Waals surface area contributed by atoms with E-state index in [1.54, 1.807) is 6.08 Å².